The molecule has 0 bridgehead atoms. The quantitative estimate of drug-likeness (QED) is 0.683. The lowest BCUT2D eigenvalue weighted by Gasteiger charge is -2.07. The van der Waals surface area contributed by atoms with Gasteiger partial charge in [-0.3, -0.25) is 15.1 Å². The summed E-state index contributed by atoms with van der Waals surface area (Å²) in [7, 11) is 0. The molecule has 3 rings (SSSR count). The molecule has 1 aromatic carbocycles. The molecule has 0 aliphatic carbocycles. The third-order valence-corrected chi connectivity index (χ3v) is 5.84. The number of nitrogens with zero attached hydrogens (tertiary/aromatic N) is 2. The third kappa shape index (κ3) is 3.49. The van der Waals surface area contributed by atoms with Crippen molar-refractivity contribution in [2.24, 2.45) is 0 Å². The summed E-state index contributed by atoms with van der Waals surface area (Å²) in [5.74, 6) is -0.180. The Morgan fingerprint density at radius 2 is 1.79 bits per heavy atom. The highest BCUT2D eigenvalue weighted by atomic mass is 32.2. The van der Waals surface area contributed by atoms with Gasteiger partial charge in [-0.2, -0.15) is 0 Å². The van der Waals surface area contributed by atoms with Gasteiger partial charge in [0, 0.05) is 5.56 Å². The average Bonchev–Trinajstić information content (AvgIpc) is 2.94. The van der Waals surface area contributed by atoms with Crippen LogP contribution in [0.5, 0.6) is 0 Å². The van der Waals surface area contributed by atoms with Gasteiger partial charge in [-0.05, 0) is 32.2 Å². The molecule has 0 spiro atoms. The molecule has 0 fully saturated rings. The number of amides is 1. The molecule has 0 saturated heterocycles. The van der Waals surface area contributed by atoms with E-state index in [2.05, 4.69) is 15.3 Å². The Morgan fingerprint density at radius 3 is 2.42 bits per heavy atom. The van der Waals surface area contributed by atoms with Crippen molar-refractivity contribution >= 4 is 34.1 Å². The van der Waals surface area contributed by atoms with Crippen molar-refractivity contribution in [3.8, 4) is 11.3 Å². The molecule has 2 aromatic heterocycles. The molecule has 122 valence electrons. The maximum atomic E-state index is 12.5. The highest BCUT2D eigenvalue weighted by Crippen LogP contribution is 2.30. The molecule has 0 aliphatic heterocycles. The zero-order chi connectivity index (χ0) is 17.1. The fourth-order valence-corrected chi connectivity index (χ4v) is 3.97. The summed E-state index contributed by atoms with van der Waals surface area (Å²) in [6, 6.07) is 13.6. The Morgan fingerprint density at radius 1 is 1.04 bits per heavy atom. The van der Waals surface area contributed by atoms with Crippen molar-refractivity contribution < 1.29 is 4.79 Å². The Bertz CT molecular complexity index is 875. The third-order valence-electron chi connectivity index (χ3n) is 3.56. The van der Waals surface area contributed by atoms with E-state index >= 15 is 0 Å². The summed E-state index contributed by atoms with van der Waals surface area (Å²) in [5, 5.41) is 3.49. The molecule has 4 nitrogen and oxygen atoms in total. The molecule has 0 unspecified atom stereocenters. The first-order valence-corrected chi connectivity index (χ1v) is 9.48. The van der Waals surface area contributed by atoms with E-state index in [1.54, 1.807) is 11.8 Å². The fourth-order valence-electron chi connectivity index (χ4n) is 2.36. The van der Waals surface area contributed by atoms with Crippen molar-refractivity contribution in [2.75, 3.05) is 11.6 Å². The summed E-state index contributed by atoms with van der Waals surface area (Å²) < 4.78 is 1.11. The molecule has 6 heteroatoms. The van der Waals surface area contributed by atoms with E-state index in [1.807, 2.05) is 62.6 Å². The number of carbonyl (C=O) groups excluding carboxylic acids is 1. The molecule has 0 radical (unpaired) electrons. The lowest BCUT2D eigenvalue weighted by atomic mass is 10.1. The van der Waals surface area contributed by atoms with E-state index < -0.39 is 0 Å². The Hall–Kier alpha value is -2.18. The van der Waals surface area contributed by atoms with Crippen LogP contribution in [0.25, 0.3) is 11.3 Å². The van der Waals surface area contributed by atoms with Crippen molar-refractivity contribution in [3.63, 3.8) is 0 Å². The predicted octanol–water partition coefficient (Wildman–Crippen LogP) is 4.80. The van der Waals surface area contributed by atoms with Gasteiger partial charge in [-0.15, -0.1) is 11.8 Å². The smallest absolute Gasteiger partial charge is 0.259 e. The number of hydrogen-bond donors (Lipinski definition) is 1. The molecule has 3 aromatic rings. The van der Waals surface area contributed by atoms with Gasteiger partial charge in [0.25, 0.3) is 5.91 Å². The summed E-state index contributed by atoms with van der Waals surface area (Å²) >= 11 is 3.12. The molecular formula is C18H17N3OS2. The number of nitrogens with one attached hydrogen (secondary N) is 1. The second-order valence-corrected chi connectivity index (χ2v) is 7.32. The number of thiazole rings is 1. The Balaban J connectivity index is 1.82. The van der Waals surface area contributed by atoms with Gasteiger partial charge in [0.05, 0.1) is 26.9 Å². The minimum Gasteiger partial charge on any atom is -0.298 e. The van der Waals surface area contributed by atoms with Crippen molar-refractivity contribution in [3.05, 3.63) is 59.4 Å². The highest BCUT2D eigenvalue weighted by Gasteiger charge is 2.14. The van der Waals surface area contributed by atoms with Crippen LogP contribution in [0.3, 0.4) is 0 Å². The topological polar surface area (TPSA) is 54.9 Å². The summed E-state index contributed by atoms with van der Waals surface area (Å²) in [5.41, 5.74) is 4.10. The van der Waals surface area contributed by atoms with Gasteiger partial charge in [0.15, 0.2) is 5.13 Å². The number of thioether (sulfide) groups is 1. The van der Waals surface area contributed by atoms with Crippen LogP contribution in [0.4, 0.5) is 5.13 Å². The highest BCUT2D eigenvalue weighted by molar-refractivity contribution is 8.00. The average molecular weight is 355 g/mol. The monoisotopic (exact) mass is 355 g/mol. The SMILES string of the molecule is CSc1sc(NC(=O)c2ccc(-c3ccccc3)nc2C)nc1C. The molecule has 2 heterocycles. The molecule has 1 amide bonds. The maximum absolute atomic E-state index is 12.5. The number of benzene rings is 1. The minimum absolute atomic E-state index is 0.180. The first-order chi connectivity index (χ1) is 11.6. The molecular weight excluding hydrogens is 338 g/mol. The second kappa shape index (κ2) is 7.15. The van der Waals surface area contributed by atoms with E-state index in [9.17, 15) is 4.79 Å². The number of pyridine rings is 1. The lowest BCUT2D eigenvalue weighted by Crippen LogP contribution is -2.14. The van der Waals surface area contributed by atoms with E-state index in [-0.39, 0.29) is 5.91 Å². The van der Waals surface area contributed by atoms with Crippen LogP contribution < -0.4 is 5.32 Å². The molecule has 0 saturated carbocycles. The summed E-state index contributed by atoms with van der Waals surface area (Å²) in [6.45, 7) is 3.79. The van der Waals surface area contributed by atoms with E-state index in [4.69, 9.17) is 0 Å². The first kappa shape index (κ1) is 16.7. The molecule has 24 heavy (non-hydrogen) atoms. The van der Waals surface area contributed by atoms with Crippen LogP contribution in [0.1, 0.15) is 21.7 Å². The molecule has 0 aliphatic rings. The maximum Gasteiger partial charge on any atom is 0.259 e. The van der Waals surface area contributed by atoms with Crippen LogP contribution in [0.2, 0.25) is 0 Å². The predicted molar refractivity (Wildman–Crippen MR) is 101 cm³/mol. The molecule has 1 N–H and O–H groups in total. The van der Waals surface area contributed by atoms with E-state index in [0.717, 1.165) is 21.2 Å². The van der Waals surface area contributed by atoms with Crippen LogP contribution >= 0.6 is 23.1 Å². The Labute approximate surface area is 149 Å². The van der Waals surface area contributed by atoms with Gasteiger partial charge < -0.3 is 0 Å². The van der Waals surface area contributed by atoms with Crippen molar-refractivity contribution in [1.82, 2.24) is 9.97 Å². The van der Waals surface area contributed by atoms with Crippen LogP contribution in [-0.2, 0) is 0 Å². The fraction of sp³-hybridized carbons (Fsp3) is 0.167. The van der Waals surface area contributed by atoms with Crippen molar-refractivity contribution in [1.29, 1.82) is 0 Å². The number of rotatable bonds is 4. The number of anilines is 1. The normalized spacial score (nSPS) is 10.6. The Kier molecular flexibility index (Phi) is 4.97. The standard InChI is InChI=1S/C18H17N3OS2/c1-11-14(9-10-15(19-11)13-7-5-4-6-8-13)16(22)21-18-20-12(2)17(23-3)24-18/h4-10H,1-3H3,(H,20,21,22). The first-order valence-electron chi connectivity index (χ1n) is 7.44. The second-order valence-electron chi connectivity index (χ2n) is 5.25. The van der Waals surface area contributed by atoms with Crippen molar-refractivity contribution in [2.45, 2.75) is 18.1 Å². The minimum atomic E-state index is -0.180. The van der Waals surface area contributed by atoms with Gasteiger partial charge in [0.2, 0.25) is 0 Å². The zero-order valence-electron chi connectivity index (χ0n) is 13.7. The zero-order valence-corrected chi connectivity index (χ0v) is 15.3. The van der Waals surface area contributed by atoms with Gasteiger partial charge >= 0.3 is 0 Å². The van der Waals surface area contributed by atoms with Crippen LogP contribution in [-0.4, -0.2) is 22.1 Å². The van der Waals surface area contributed by atoms with E-state index in [1.165, 1.54) is 11.3 Å². The largest absolute Gasteiger partial charge is 0.298 e. The number of aromatic nitrogens is 2. The van der Waals surface area contributed by atoms with Gasteiger partial charge in [0.1, 0.15) is 0 Å². The summed E-state index contributed by atoms with van der Waals surface area (Å²) in [6.07, 6.45) is 2.00. The van der Waals surface area contributed by atoms with Crippen LogP contribution in [0.15, 0.2) is 46.7 Å². The number of carbonyl (C=O) groups is 1. The molecule has 0 atom stereocenters. The lowest BCUT2D eigenvalue weighted by molar-refractivity contribution is 0.102. The number of aryl methyl sites for hydroxylation is 2. The van der Waals surface area contributed by atoms with Gasteiger partial charge in [-0.1, -0.05) is 41.7 Å². The summed E-state index contributed by atoms with van der Waals surface area (Å²) in [4.78, 5) is 21.5. The van der Waals surface area contributed by atoms with E-state index in [0.29, 0.717) is 16.4 Å². The van der Waals surface area contributed by atoms with Gasteiger partial charge in [-0.25, -0.2) is 4.98 Å². The number of hydrogen-bond acceptors (Lipinski definition) is 5. The van der Waals surface area contributed by atoms with Crippen LogP contribution in [0, 0.1) is 13.8 Å².